The Morgan fingerprint density at radius 3 is 3.07 bits per heavy atom. The van der Waals surface area contributed by atoms with Gasteiger partial charge in [0.05, 0.1) is 24.0 Å². The van der Waals surface area contributed by atoms with Crippen molar-refractivity contribution in [3.05, 3.63) is 36.2 Å². The monoisotopic (exact) mass is 194 g/mol. The average molecular weight is 194 g/mol. The smallest absolute Gasteiger partial charge is 0.309 e. The number of aliphatic carboxylic acids is 1. The summed E-state index contributed by atoms with van der Waals surface area (Å²) in [4.78, 5) is 14.3. The van der Waals surface area contributed by atoms with Crippen LogP contribution in [0.3, 0.4) is 0 Å². The van der Waals surface area contributed by atoms with Crippen molar-refractivity contribution >= 4 is 11.5 Å². The first-order valence-electron chi connectivity index (χ1n) is 3.99. The summed E-state index contributed by atoms with van der Waals surface area (Å²) in [7, 11) is 0. The average Bonchev–Trinajstić information content (AvgIpc) is 2.47. The van der Waals surface area contributed by atoms with Crippen LogP contribution >= 0.6 is 0 Å². The highest BCUT2D eigenvalue weighted by Crippen LogP contribution is 2.11. The molecular weight excluding hydrogens is 187 g/mol. The predicted octanol–water partition coefficient (Wildman–Crippen LogP) is 1.10. The van der Waals surface area contributed by atoms with E-state index in [9.17, 15) is 9.18 Å². The SMILES string of the molecule is O=C(O)Cc1ncn2cc(F)ccc12. The minimum absolute atomic E-state index is 0.151. The zero-order chi connectivity index (χ0) is 10.1. The highest BCUT2D eigenvalue weighted by atomic mass is 19.1. The molecule has 2 rings (SSSR count). The maximum Gasteiger partial charge on any atom is 0.309 e. The molecule has 2 aromatic rings. The maximum atomic E-state index is 12.7. The van der Waals surface area contributed by atoms with Crippen molar-refractivity contribution in [1.29, 1.82) is 0 Å². The molecule has 2 aromatic heterocycles. The van der Waals surface area contributed by atoms with Gasteiger partial charge in [-0.25, -0.2) is 9.37 Å². The number of carboxylic acid groups (broad SMARTS) is 1. The van der Waals surface area contributed by atoms with Crippen molar-refractivity contribution in [2.75, 3.05) is 0 Å². The first kappa shape index (κ1) is 8.68. The Kier molecular flexibility index (Phi) is 1.92. The molecule has 0 bridgehead atoms. The number of hydrogen-bond donors (Lipinski definition) is 1. The van der Waals surface area contributed by atoms with Gasteiger partial charge in [-0.2, -0.15) is 0 Å². The fraction of sp³-hybridized carbons (Fsp3) is 0.111. The van der Waals surface area contributed by atoms with Crippen LogP contribution in [0.1, 0.15) is 5.69 Å². The number of rotatable bonds is 2. The van der Waals surface area contributed by atoms with Crippen LogP contribution < -0.4 is 0 Å². The Labute approximate surface area is 78.6 Å². The highest BCUT2D eigenvalue weighted by molar-refractivity contribution is 5.73. The van der Waals surface area contributed by atoms with Crippen molar-refractivity contribution < 1.29 is 14.3 Å². The van der Waals surface area contributed by atoms with Crippen molar-refractivity contribution in [3.63, 3.8) is 0 Å². The quantitative estimate of drug-likeness (QED) is 0.778. The van der Waals surface area contributed by atoms with E-state index in [0.717, 1.165) is 0 Å². The van der Waals surface area contributed by atoms with Gasteiger partial charge in [0, 0.05) is 6.20 Å². The minimum Gasteiger partial charge on any atom is -0.481 e. The van der Waals surface area contributed by atoms with Crippen molar-refractivity contribution in [2.24, 2.45) is 0 Å². The topological polar surface area (TPSA) is 54.6 Å². The van der Waals surface area contributed by atoms with Gasteiger partial charge in [-0.15, -0.1) is 0 Å². The first-order chi connectivity index (χ1) is 6.66. The van der Waals surface area contributed by atoms with E-state index < -0.39 is 5.97 Å². The van der Waals surface area contributed by atoms with Crippen LogP contribution in [-0.4, -0.2) is 20.5 Å². The highest BCUT2D eigenvalue weighted by Gasteiger charge is 2.08. The summed E-state index contributed by atoms with van der Waals surface area (Å²) in [6.45, 7) is 0. The maximum absolute atomic E-state index is 12.7. The molecule has 5 heteroatoms. The van der Waals surface area contributed by atoms with Crippen molar-refractivity contribution in [3.8, 4) is 0 Å². The second kappa shape index (κ2) is 3.10. The molecule has 14 heavy (non-hydrogen) atoms. The Morgan fingerprint density at radius 1 is 1.57 bits per heavy atom. The van der Waals surface area contributed by atoms with E-state index >= 15 is 0 Å². The lowest BCUT2D eigenvalue weighted by molar-refractivity contribution is -0.136. The van der Waals surface area contributed by atoms with Gasteiger partial charge in [0.15, 0.2) is 0 Å². The predicted molar refractivity (Wildman–Crippen MR) is 46.5 cm³/mol. The third kappa shape index (κ3) is 1.44. The third-order valence-corrected chi connectivity index (χ3v) is 1.89. The molecule has 0 saturated carbocycles. The summed E-state index contributed by atoms with van der Waals surface area (Å²) in [6, 6.07) is 2.79. The van der Waals surface area contributed by atoms with E-state index in [4.69, 9.17) is 5.11 Å². The number of halogens is 1. The summed E-state index contributed by atoms with van der Waals surface area (Å²) in [6.07, 6.45) is 2.51. The lowest BCUT2D eigenvalue weighted by Gasteiger charge is -1.95. The molecule has 0 aliphatic carbocycles. The van der Waals surface area contributed by atoms with Crippen LogP contribution in [0, 0.1) is 5.82 Å². The van der Waals surface area contributed by atoms with E-state index in [1.807, 2.05) is 0 Å². The first-order valence-corrected chi connectivity index (χ1v) is 3.99. The Bertz CT molecular complexity index is 493. The standard InChI is InChI=1S/C9H7FN2O2/c10-6-1-2-8-7(3-9(13)14)11-5-12(8)4-6/h1-2,4-5H,3H2,(H,13,14). The van der Waals surface area contributed by atoms with Crippen LogP contribution in [0.2, 0.25) is 0 Å². The van der Waals surface area contributed by atoms with Crippen LogP contribution in [0.15, 0.2) is 24.7 Å². The molecule has 0 atom stereocenters. The number of carbonyl (C=O) groups is 1. The third-order valence-electron chi connectivity index (χ3n) is 1.89. The number of pyridine rings is 1. The molecule has 72 valence electrons. The molecule has 0 aliphatic rings. The number of imidazole rings is 1. The van der Waals surface area contributed by atoms with Gasteiger partial charge in [0.25, 0.3) is 0 Å². The molecule has 2 heterocycles. The summed E-state index contributed by atoms with van der Waals surface area (Å²) in [5.74, 6) is -1.33. The number of nitrogens with zero attached hydrogens (tertiary/aromatic N) is 2. The van der Waals surface area contributed by atoms with E-state index in [-0.39, 0.29) is 12.2 Å². The summed E-state index contributed by atoms with van der Waals surface area (Å²) >= 11 is 0. The number of aromatic nitrogens is 2. The molecule has 0 saturated heterocycles. The summed E-state index contributed by atoms with van der Waals surface area (Å²) in [5.41, 5.74) is 1.06. The number of fused-ring (bicyclic) bond motifs is 1. The minimum atomic E-state index is -0.949. The van der Waals surface area contributed by atoms with E-state index in [1.165, 1.54) is 29.1 Å². The van der Waals surface area contributed by atoms with Crippen molar-refractivity contribution in [1.82, 2.24) is 9.38 Å². The van der Waals surface area contributed by atoms with Crippen molar-refractivity contribution in [2.45, 2.75) is 6.42 Å². The van der Waals surface area contributed by atoms with Crippen LogP contribution in [0.4, 0.5) is 4.39 Å². The molecule has 0 amide bonds. The molecule has 0 aromatic carbocycles. The Morgan fingerprint density at radius 2 is 2.36 bits per heavy atom. The molecule has 0 fully saturated rings. The molecule has 4 nitrogen and oxygen atoms in total. The fourth-order valence-corrected chi connectivity index (χ4v) is 1.31. The number of hydrogen-bond acceptors (Lipinski definition) is 2. The number of carboxylic acids is 1. The summed E-state index contributed by atoms with van der Waals surface area (Å²) in [5, 5.41) is 8.58. The van der Waals surface area contributed by atoms with Crippen LogP contribution in [0.25, 0.3) is 5.52 Å². The largest absolute Gasteiger partial charge is 0.481 e. The Hall–Kier alpha value is -1.91. The van der Waals surface area contributed by atoms with E-state index in [2.05, 4.69) is 4.98 Å². The molecule has 0 spiro atoms. The van der Waals surface area contributed by atoms with Gasteiger partial charge >= 0.3 is 5.97 Å². The normalized spacial score (nSPS) is 10.6. The lowest BCUT2D eigenvalue weighted by Crippen LogP contribution is -2.00. The second-order valence-corrected chi connectivity index (χ2v) is 2.90. The zero-order valence-corrected chi connectivity index (χ0v) is 7.14. The van der Waals surface area contributed by atoms with E-state index in [0.29, 0.717) is 11.2 Å². The van der Waals surface area contributed by atoms with Gasteiger partial charge in [0.1, 0.15) is 5.82 Å². The van der Waals surface area contributed by atoms with Gasteiger partial charge < -0.3 is 9.51 Å². The Balaban J connectivity index is 2.52. The van der Waals surface area contributed by atoms with Gasteiger partial charge in [-0.05, 0) is 12.1 Å². The lowest BCUT2D eigenvalue weighted by atomic mass is 10.2. The van der Waals surface area contributed by atoms with Crippen LogP contribution in [-0.2, 0) is 11.2 Å². The zero-order valence-electron chi connectivity index (χ0n) is 7.14. The molecule has 0 unspecified atom stereocenters. The molecule has 0 aliphatic heterocycles. The second-order valence-electron chi connectivity index (χ2n) is 2.90. The molecule has 1 N–H and O–H groups in total. The molecule has 0 radical (unpaired) electrons. The fourth-order valence-electron chi connectivity index (χ4n) is 1.31. The van der Waals surface area contributed by atoms with Crippen LogP contribution in [0.5, 0.6) is 0 Å². The molecular formula is C9H7FN2O2. The summed E-state index contributed by atoms with van der Waals surface area (Å²) < 4.78 is 14.2. The van der Waals surface area contributed by atoms with Gasteiger partial charge in [-0.1, -0.05) is 0 Å². The van der Waals surface area contributed by atoms with E-state index in [1.54, 1.807) is 0 Å². The van der Waals surface area contributed by atoms with Gasteiger partial charge in [0.2, 0.25) is 0 Å². The van der Waals surface area contributed by atoms with Gasteiger partial charge in [-0.3, -0.25) is 4.79 Å².